The Labute approximate surface area is 176 Å². The Hall–Kier alpha value is -2.42. The SMILES string of the molecule is CNc1ccc(N(CCC2OCC3(CNC3)CO2)Cc2ccc(OC)c(F)c2)cn1. The zero-order chi connectivity index (χ0) is 21.0. The van der Waals surface area contributed by atoms with Gasteiger partial charge in [0.25, 0.3) is 0 Å². The van der Waals surface area contributed by atoms with E-state index in [1.165, 1.54) is 13.2 Å². The number of nitrogens with one attached hydrogen (secondary N) is 2. The number of anilines is 2. The quantitative estimate of drug-likeness (QED) is 0.686. The molecule has 1 spiro atoms. The largest absolute Gasteiger partial charge is 0.494 e. The summed E-state index contributed by atoms with van der Waals surface area (Å²) in [5, 5.41) is 6.31. The van der Waals surface area contributed by atoms with Crippen molar-refractivity contribution in [3.05, 3.63) is 47.9 Å². The molecule has 4 rings (SSSR count). The molecule has 2 saturated heterocycles. The fraction of sp³-hybridized carbons (Fsp3) is 0.500. The van der Waals surface area contributed by atoms with Crippen LogP contribution in [-0.2, 0) is 16.0 Å². The van der Waals surface area contributed by atoms with Gasteiger partial charge < -0.3 is 29.7 Å². The molecule has 2 aliphatic heterocycles. The van der Waals surface area contributed by atoms with Gasteiger partial charge in [-0.05, 0) is 29.8 Å². The minimum absolute atomic E-state index is 0.156. The van der Waals surface area contributed by atoms with Crippen LogP contribution >= 0.6 is 0 Å². The van der Waals surface area contributed by atoms with Gasteiger partial charge in [0.15, 0.2) is 17.9 Å². The molecule has 0 aliphatic carbocycles. The van der Waals surface area contributed by atoms with Crippen LogP contribution in [0.4, 0.5) is 15.9 Å². The van der Waals surface area contributed by atoms with Gasteiger partial charge in [0.05, 0.1) is 32.2 Å². The minimum atomic E-state index is -0.364. The standard InChI is InChI=1S/C22H29FN4O3/c1-24-20-6-4-17(10-26-20)27(11-16-3-5-19(28-2)18(23)9-16)8-7-21-29-14-22(15-30-21)12-25-13-22/h3-6,9-10,21,25H,7-8,11-15H2,1-2H3,(H,24,26). The molecule has 2 fully saturated rings. The molecule has 8 heteroatoms. The average molecular weight is 416 g/mol. The highest BCUT2D eigenvalue weighted by Gasteiger charge is 2.41. The maximum atomic E-state index is 14.2. The summed E-state index contributed by atoms with van der Waals surface area (Å²) in [7, 11) is 3.30. The number of pyridine rings is 1. The highest BCUT2D eigenvalue weighted by atomic mass is 19.1. The lowest BCUT2D eigenvalue weighted by molar-refractivity contribution is -0.239. The maximum Gasteiger partial charge on any atom is 0.165 e. The lowest BCUT2D eigenvalue weighted by Gasteiger charge is -2.46. The molecule has 2 aliphatic rings. The normalized spacial score (nSPS) is 18.1. The van der Waals surface area contributed by atoms with Crippen LogP contribution in [0.5, 0.6) is 5.75 Å². The maximum absolute atomic E-state index is 14.2. The molecule has 3 heterocycles. The second-order valence-corrected chi connectivity index (χ2v) is 7.99. The number of benzene rings is 1. The van der Waals surface area contributed by atoms with Crippen molar-refractivity contribution in [2.24, 2.45) is 5.41 Å². The van der Waals surface area contributed by atoms with Crippen LogP contribution in [0.3, 0.4) is 0 Å². The van der Waals surface area contributed by atoms with E-state index in [1.807, 2.05) is 31.4 Å². The first-order chi connectivity index (χ1) is 14.6. The van der Waals surface area contributed by atoms with Crippen molar-refractivity contribution in [2.45, 2.75) is 19.3 Å². The molecule has 0 atom stereocenters. The summed E-state index contributed by atoms with van der Waals surface area (Å²) in [5.41, 5.74) is 1.97. The third-order valence-electron chi connectivity index (χ3n) is 5.74. The fourth-order valence-electron chi connectivity index (χ4n) is 3.79. The van der Waals surface area contributed by atoms with E-state index < -0.39 is 0 Å². The van der Waals surface area contributed by atoms with E-state index in [2.05, 4.69) is 20.5 Å². The summed E-state index contributed by atoms with van der Waals surface area (Å²) in [6, 6.07) is 8.99. The molecule has 0 saturated carbocycles. The summed E-state index contributed by atoms with van der Waals surface area (Å²) in [6.45, 7) is 4.61. The number of nitrogens with zero attached hydrogens (tertiary/aromatic N) is 2. The van der Waals surface area contributed by atoms with Gasteiger partial charge in [-0.3, -0.25) is 0 Å². The molecule has 1 aromatic heterocycles. The summed E-state index contributed by atoms with van der Waals surface area (Å²) < 4.78 is 31.1. The van der Waals surface area contributed by atoms with Crippen molar-refractivity contribution >= 4 is 11.5 Å². The topological polar surface area (TPSA) is 67.9 Å². The molecule has 2 aromatic rings. The zero-order valence-corrected chi connectivity index (χ0v) is 17.5. The predicted molar refractivity (Wildman–Crippen MR) is 113 cm³/mol. The van der Waals surface area contributed by atoms with Crippen molar-refractivity contribution in [3.8, 4) is 5.75 Å². The van der Waals surface area contributed by atoms with Gasteiger partial charge >= 0.3 is 0 Å². The molecule has 1 aromatic carbocycles. The molecule has 30 heavy (non-hydrogen) atoms. The number of hydrogen-bond acceptors (Lipinski definition) is 7. The van der Waals surface area contributed by atoms with Crippen molar-refractivity contribution in [3.63, 3.8) is 0 Å². The van der Waals surface area contributed by atoms with Crippen LogP contribution in [0.2, 0.25) is 0 Å². The highest BCUT2D eigenvalue weighted by molar-refractivity contribution is 5.50. The first-order valence-corrected chi connectivity index (χ1v) is 10.3. The van der Waals surface area contributed by atoms with Crippen LogP contribution in [0, 0.1) is 11.2 Å². The fourth-order valence-corrected chi connectivity index (χ4v) is 3.79. The first-order valence-electron chi connectivity index (χ1n) is 10.3. The third-order valence-corrected chi connectivity index (χ3v) is 5.74. The Bertz CT molecular complexity index is 835. The molecule has 0 radical (unpaired) electrons. The Morgan fingerprint density at radius 3 is 2.63 bits per heavy atom. The van der Waals surface area contributed by atoms with Crippen molar-refractivity contribution in [2.75, 3.05) is 57.2 Å². The number of rotatable bonds is 8. The number of aromatic nitrogens is 1. The Morgan fingerprint density at radius 1 is 1.27 bits per heavy atom. The number of methoxy groups -OCH3 is 1. The van der Waals surface area contributed by atoms with Crippen LogP contribution < -0.4 is 20.3 Å². The van der Waals surface area contributed by atoms with Crippen molar-refractivity contribution in [1.82, 2.24) is 10.3 Å². The molecule has 7 nitrogen and oxygen atoms in total. The monoisotopic (exact) mass is 416 g/mol. The molecular weight excluding hydrogens is 387 g/mol. The number of hydrogen-bond donors (Lipinski definition) is 2. The Balaban J connectivity index is 1.43. The van der Waals surface area contributed by atoms with Gasteiger partial charge in [-0.2, -0.15) is 0 Å². The smallest absolute Gasteiger partial charge is 0.165 e. The summed E-state index contributed by atoms with van der Waals surface area (Å²) in [4.78, 5) is 6.58. The zero-order valence-electron chi connectivity index (χ0n) is 17.5. The number of halogens is 1. The van der Waals surface area contributed by atoms with Gasteiger partial charge in [-0.1, -0.05) is 6.07 Å². The molecule has 162 valence electrons. The Kier molecular flexibility index (Phi) is 6.36. The molecular formula is C22H29FN4O3. The Morgan fingerprint density at radius 2 is 2.07 bits per heavy atom. The summed E-state index contributed by atoms with van der Waals surface area (Å²) in [6.07, 6.45) is 2.31. The van der Waals surface area contributed by atoms with Crippen LogP contribution in [0.1, 0.15) is 12.0 Å². The molecule has 0 bridgehead atoms. The summed E-state index contributed by atoms with van der Waals surface area (Å²) >= 11 is 0. The van der Waals surface area contributed by atoms with E-state index >= 15 is 0 Å². The lowest BCUT2D eigenvalue weighted by Crippen LogP contribution is -2.61. The first kappa shape index (κ1) is 20.8. The second-order valence-electron chi connectivity index (χ2n) is 7.99. The van der Waals surface area contributed by atoms with E-state index in [0.717, 1.165) is 49.8 Å². The van der Waals surface area contributed by atoms with E-state index in [1.54, 1.807) is 6.07 Å². The van der Waals surface area contributed by atoms with Crippen LogP contribution in [0.15, 0.2) is 36.5 Å². The average Bonchev–Trinajstić information content (AvgIpc) is 2.76. The molecule has 0 unspecified atom stereocenters. The number of ether oxygens (including phenoxy) is 3. The van der Waals surface area contributed by atoms with Crippen LogP contribution in [0.25, 0.3) is 0 Å². The van der Waals surface area contributed by atoms with Crippen molar-refractivity contribution < 1.29 is 18.6 Å². The predicted octanol–water partition coefficient (Wildman–Crippen LogP) is 2.63. The second kappa shape index (κ2) is 9.16. The van der Waals surface area contributed by atoms with Gasteiger partial charge in [0, 0.05) is 45.1 Å². The van der Waals surface area contributed by atoms with Gasteiger partial charge in [0.2, 0.25) is 0 Å². The summed E-state index contributed by atoms with van der Waals surface area (Å²) in [5.74, 6) is 0.679. The van der Waals surface area contributed by atoms with Gasteiger partial charge in [-0.25, -0.2) is 9.37 Å². The minimum Gasteiger partial charge on any atom is -0.494 e. The third kappa shape index (κ3) is 4.66. The van der Waals surface area contributed by atoms with E-state index in [4.69, 9.17) is 14.2 Å². The van der Waals surface area contributed by atoms with E-state index in [-0.39, 0.29) is 23.3 Å². The highest BCUT2D eigenvalue weighted by Crippen LogP contribution is 2.30. The lowest BCUT2D eigenvalue weighted by atomic mass is 9.83. The van der Waals surface area contributed by atoms with Crippen LogP contribution in [-0.4, -0.2) is 58.3 Å². The van der Waals surface area contributed by atoms with E-state index in [9.17, 15) is 4.39 Å². The van der Waals surface area contributed by atoms with Crippen molar-refractivity contribution in [1.29, 1.82) is 0 Å². The van der Waals surface area contributed by atoms with Gasteiger partial charge in [-0.15, -0.1) is 0 Å². The molecule has 2 N–H and O–H groups in total. The van der Waals surface area contributed by atoms with E-state index in [0.29, 0.717) is 13.1 Å². The van der Waals surface area contributed by atoms with Gasteiger partial charge in [0.1, 0.15) is 5.82 Å². The molecule has 0 amide bonds.